The fraction of sp³-hybridized carbons (Fsp3) is 0.250. The molecule has 2 N–H and O–H groups in total. The number of hydrazine groups is 1. The lowest BCUT2D eigenvalue weighted by atomic mass is 10.0. The molecule has 0 aromatic heterocycles. The van der Waals surface area contributed by atoms with E-state index in [9.17, 15) is 4.79 Å². The second-order valence-corrected chi connectivity index (χ2v) is 4.18. The Kier molecular flexibility index (Phi) is 3.47. The molecule has 0 bridgehead atoms. The minimum atomic E-state index is 0.187. The van der Waals surface area contributed by atoms with Gasteiger partial charge in [0.25, 0.3) is 0 Å². The minimum Gasteiger partial charge on any atom is -0.305 e. The Morgan fingerprint density at radius 2 is 1.81 bits per heavy atom. The van der Waals surface area contributed by atoms with Crippen molar-refractivity contribution in [3.05, 3.63) is 41.1 Å². The van der Waals surface area contributed by atoms with Gasteiger partial charge in [-0.2, -0.15) is 0 Å². The van der Waals surface area contributed by atoms with Crippen molar-refractivity contribution in [2.24, 2.45) is 0 Å². The van der Waals surface area contributed by atoms with Crippen molar-refractivity contribution in [2.75, 3.05) is 5.43 Å². The summed E-state index contributed by atoms with van der Waals surface area (Å²) in [4.78, 5) is 11.2. The van der Waals surface area contributed by atoms with Crippen molar-refractivity contribution in [3.63, 3.8) is 0 Å². The number of carbonyl (C=O) groups is 1. The van der Waals surface area contributed by atoms with E-state index in [4.69, 9.17) is 11.6 Å². The first-order valence-corrected chi connectivity index (χ1v) is 5.63. The van der Waals surface area contributed by atoms with Crippen LogP contribution >= 0.6 is 11.6 Å². The van der Waals surface area contributed by atoms with Gasteiger partial charge < -0.3 is 10.9 Å². The average molecular weight is 237 g/mol. The molecule has 0 saturated heterocycles. The zero-order valence-electron chi connectivity index (χ0n) is 8.79. The van der Waals surface area contributed by atoms with Crippen LogP contribution in [0.4, 0.5) is 5.69 Å². The molecule has 84 valence electrons. The van der Waals surface area contributed by atoms with E-state index >= 15 is 0 Å². The second kappa shape index (κ2) is 5.03. The molecule has 0 fully saturated rings. The standard InChI is InChI=1S/C12H13ClN2O/c13-9-4-6-10(7-5-9)14-15-11-2-1-3-12(16)8-11/h4-8,14-15H,1-3H2. The molecule has 4 heteroatoms. The molecule has 0 amide bonds. The molecule has 0 spiro atoms. The number of rotatable bonds is 3. The van der Waals surface area contributed by atoms with Gasteiger partial charge in [0, 0.05) is 23.2 Å². The first kappa shape index (κ1) is 11.0. The molecule has 2 rings (SSSR count). The van der Waals surface area contributed by atoms with E-state index in [1.54, 1.807) is 6.08 Å². The smallest absolute Gasteiger partial charge is 0.157 e. The van der Waals surface area contributed by atoms with E-state index in [1.165, 1.54) is 0 Å². The van der Waals surface area contributed by atoms with Crippen LogP contribution < -0.4 is 10.9 Å². The number of ketones is 1. The van der Waals surface area contributed by atoms with Crippen LogP contribution in [-0.4, -0.2) is 5.78 Å². The van der Waals surface area contributed by atoms with Gasteiger partial charge in [0.2, 0.25) is 0 Å². The van der Waals surface area contributed by atoms with Crippen molar-refractivity contribution in [3.8, 4) is 0 Å². The Labute approximate surface area is 99.5 Å². The Morgan fingerprint density at radius 3 is 2.50 bits per heavy atom. The lowest BCUT2D eigenvalue weighted by Crippen LogP contribution is -2.23. The number of hydrogen-bond donors (Lipinski definition) is 2. The summed E-state index contributed by atoms with van der Waals surface area (Å²) < 4.78 is 0. The van der Waals surface area contributed by atoms with Gasteiger partial charge >= 0.3 is 0 Å². The summed E-state index contributed by atoms with van der Waals surface area (Å²) in [7, 11) is 0. The highest BCUT2D eigenvalue weighted by atomic mass is 35.5. The summed E-state index contributed by atoms with van der Waals surface area (Å²) in [6, 6.07) is 7.37. The zero-order valence-corrected chi connectivity index (χ0v) is 9.55. The normalized spacial score (nSPS) is 15.6. The lowest BCUT2D eigenvalue weighted by Gasteiger charge is -2.15. The maximum atomic E-state index is 11.2. The summed E-state index contributed by atoms with van der Waals surface area (Å²) in [5.41, 5.74) is 7.92. The second-order valence-electron chi connectivity index (χ2n) is 3.75. The topological polar surface area (TPSA) is 41.1 Å². The molecular formula is C12H13ClN2O. The SMILES string of the molecule is O=C1C=C(NNc2ccc(Cl)cc2)CCC1. The molecule has 0 saturated carbocycles. The predicted molar refractivity (Wildman–Crippen MR) is 65.2 cm³/mol. The van der Waals surface area contributed by atoms with Gasteiger partial charge in [0.1, 0.15) is 0 Å². The fourth-order valence-electron chi connectivity index (χ4n) is 1.58. The molecule has 0 heterocycles. The Balaban J connectivity index is 1.92. The van der Waals surface area contributed by atoms with Gasteiger partial charge in [0.15, 0.2) is 5.78 Å². The van der Waals surface area contributed by atoms with Gasteiger partial charge in [-0.15, -0.1) is 0 Å². The minimum absolute atomic E-state index is 0.187. The van der Waals surface area contributed by atoms with Crippen LogP contribution in [0.3, 0.4) is 0 Å². The number of anilines is 1. The Bertz CT molecular complexity index is 412. The van der Waals surface area contributed by atoms with E-state index < -0.39 is 0 Å². The molecule has 0 atom stereocenters. The predicted octanol–water partition coefficient (Wildman–Crippen LogP) is 2.89. The molecule has 0 radical (unpaired) electrons. The number of nitrogens with one attached hydrogen (secondary N) is 2. The number of allylic oxidation sites excluding steroid dienone is 2. The van der Waals surface area contributed by atoms with Crippen LogP contribution in [0.2, 0.25) is 5.02 Å². The molecule has 1 aromatic carbocycles. The molecule has 16 heavy (non-hydrogen) atoms. The maximum absolute atomic E-state index is 11.2. The van der Waals surface area contributed by atoms with E-state index in [-0.39, 0.29) is 5.78 Å². The molecule has 0 unspecified atom stereocenters. The van der Waals surface area contributed by atoms with Crippen molar-refractivity contribution in [1.82, 2.24) is 5.43 Å². The van der Waals surface area contributed by atoms with Crippen LogP contribution in [0.15, 0.2) is 36.0 Å². The molecule has 1 aliphatic rings. The lowest BCUT2D eigenvalue weighted by molar-refractivity contribution is -0.115. The average Bonchev–Trinajstić information content (AvgIpc) is 2.28. The van der Waals surface area contributed by atoms with Crippen molar-refractivity contribution in [2.45, 2.75) is 19.3 Å². The quantitative estimate of drug-likeness (QED) is 0.793. The molecular weight excluding hydrogens is 224 g/mol. The van der Waals surface area contributed by atoms with Crippen LogP contribution in [0.25, 0.3) is 0 Å². The van der Waals surface area contributed by atoms with Gasteiger partial charge in [-0.1, -0.05) is 11.6 Å². The van der Waals surface area contributed by atoms with E-state index in [1.807, 2.05) is 24.3 Å². The van der Waals surface area contributed by atoms with E-state index in [0.29, 0.717) is 11.4 Å². The fourth-order valence-corrected chi connectivity index (χ4v) is 1.70. The summed E-state index contributed by atoms with van der Waals surface area (Å²) >= 11 is 5.78. The number of benzene rings is 1. The largest absolute Gasteiger partial charge is 0.305 e. The monoisotopic (exact) mass is 236 g/mol. The van der Waals surface area contributed by atoms with Crippen LogP contribution in [-0.2, 0) is 4.79 Å². The molecule has 1 aromatic rings. The zero-order chi connectivity index (χ0) is 11.4. The summed E-state index contributed by atoms with van der Waals surface area (Å²) in [6.45, 7) is 0. The number of hydrogen-bond acceptors (Lipinski definition) is 3. The molecule has 0 aliphatic heterocycles. The van der Waals surface area contributed by atoms with Gasteiger partial charge in [-0.25, -0.2) is 0 Å². The third-order valence-corrected chi connectivity index (χ3v) is 2.67. The van der Waals surface area contributed by atoms with Crippen LogP contribution in [0.5, 0.6) is 0 Å². The van der Waals surface area contributed by atoms with E-state index in [2.05, 4.69) is 10.9 Å². The van der Waals surface area contributed by atoms with Crippen molar-refractivity contribution >= 4 is 23.1 Å². The summed E-state index contributed by atoms with van der Waals surface area (Å²) in [5.74, 6) is 0.187. The number of halogens is 1. The highest BCUT2D eigenvalue weighted by molar-refractivity contribution is 6.30. The maximum Gasteiger partial charge on any atom is 0.157 e. The number of carbonyl (C=O) groups excluding carboxylic acids is 1. The highest BCUT2D eigenvalue weighted by Crippen LogP contribution is 2.15. The third kappa shape index (κ3) is 3.00. The van der Waals surface area contributed by atoms with Crippen molar-refractivity contribution in [1.29, 1.82) is 0 Å². The van der Waals surface area contributed by atoms with Crippen molar-refractivity contribution < 1.29 is 4.79 Å². The molecule has 1 aliphatic carbocycles. The highest BCUT2D eigenvalue weighted by Gasteiger charge is 2.08. The van der Waals surface area contributed by atoms with Gasteiger partial charge in [-0.3, -0.25) is 4.79 Å². The van der Waals surface area contributed by atoms with E-state index in [0.717, 1.165) is 24.2 Å². The molecule has 3 nitrogen and oxygen atoms in total. The Morgan fingerprint density at radius 1 is 1.06 bits per heavy atom. The summed E-state index contributed by atoms with van der Waals surface area (Å²) in [6.07, 6.45) is 4.14. The van der Waals surface area contributed by atoms with Crippen LogP contribution in [0, 0.1) is 0 Å². The van der Waals surface area contributed by atoms with Gasteiger partial charge in [0.05, 0.1) is 5.69 Å². The first-order chi connectivity index (χ1) is 7.74. The first-order valence-electron chi connectivity index (χ1n) is 5.25. The Hall–Kier alpha value is -1.48. The summed E-state index contributed by atoms with van der Waals surface area (Å²) in [5, 5.41) is 0.706. The third-order valence-electron chi connectivity index (χ3n) is 2.42. The van der Waals surface area contributed by atoms with Gasteiger partial charge in [-0.05, 0) is 37.1 Å². The van der Waals surface area contributed by atoms with Crippen LogP contribution in [0.1, 0.15) is 19.3 Å².